The minimum absolute atomic E-state index is 0.191. The van der Waals surface area contributed by atoms with Gasteiger partial charge in [0.15, 0.2) is 5.76 Å². The summed E-state index contributed by atoms with van der Waals surface area (Å²) in [6.07, 6.45) is 0.760. The Labute approximate surface area is 139 Å². The first-order valence-electron chi connectivity index (χ1n) is 7.79. The topological polar surface area (TPSA) is 66.6 Å². The van der Waals surface area contributed by atoms with Gasteiger partial charge in [-0.15, -0.1) is 0 Å². The van der Waals surface area contributed by atoms with Crippen molar-refractivity contribution in [3.8, 4) is 11.3 Å². The van der Waals surface area contributed by atoms with E-state index in [1.807, 2.05) is 54.6 Å². The maximum atomic E-state index is 12.9. The summed E-state index contributed by atoms with van der Waals surface area (Å²) in [6.45, 7) is 0.723. The highest BCUT2D eigenvalue weighted by Gasteiger charge is 2.29. The first-order chi connectivity index (χ1) is 11.7. The van der Waals surface area contributed by atoms with Gasteiger partial charge in [-0.25, -0.2) is 0 Å². The van der Waals surface area contributed by atoms with Gasteiger partial charge in [0.2, 0.25) is 0 Å². The Kier molecular flexibility index (Phi) is 3.63. The van der Waals surface area contributed by atoms with E-state index in [0.29, 0.717) is 17.9 Å². The summed E-state index contributed by atoms with van der Waals surface area (Å²) in [5, 5.41) is 14.1. The fourth-order valence-electron chi connectivity index (χ4n) is 3.10. The monoisotopic (exact) mass is 320 g/mol. The van der Waals surface area contributed by atoms with Crippen LogP contribution in [0.1, 0.15) is 27.6 Å². The molecule has 0 radical (unpaired) electrons. The van der Waals surface area contributed by atoms with E-state index in [1.165, 1.54) is 6.20 Å². The van der Waals surface area contributed by atoms with Crippen LogP contribution in [0.15, 0.2) is 65.3 Å². The summed E-state index contributed by atoms with van der Waals surface area (Å²) in [7, 11) is 0. The molecule has 0 aliphatic carbocycles. The van der Waals surface area contributed by atoms with Crippen molar-refractivity contribution in [3.05, 3.63) is 77.5 Å². The number of carbonyl (C=O) groups excluding carboxylic acids is 1. The van der Waals surface area contributed by atoms with E-state index >= 15 is 0 Å². The van der Waals surface area contributed by atoms with Gasteiger partial charge in [0.1, 0.15) is 5.56 Å². The van der Waals surface area contributed by atoms with Gasteiger partial charge in [-0.2, -0.15) is 0 Å². The van der Waals surface area contributed by atoms with Gasteiger partial charge in [0.25, 0.3) is 5.91 Å². The summed E-state index contributed by atoms with van der Waals surface area (Å²) in [6, 6.07) is 17.1. The normalized spacial score (nSPS) is 16.7. The lowest BCUT2D eigenvalue weighted by atomic mass is 9.97. The molecule has 1 aromatic heterocycles. The molecule has 0 bridgehead atoms. The highest BCUT2D eigenvalue weighted by molar-refractivity contribution is 5.99. The average molecular weight is 320 g/mol. The smallest absolute Gasteiger partial charge is 0.259 e. The Balaban J connectivity index is 1.66. The number of benzene rings is 2. The molecule has 1 aliphatic heterocycles. The van der Waals surface area contributed by atoms with Crippen molar-refractivity contribution in [2.45, 2.75) is 12.6 Å². The second-order valence-electron chi connectivity index (χ2n) is 5.83. The molecule has 5 heteroatoms. The summed E-state index contributed by atoms with van der Waals surface area (Å²) in [5.74, 6) is 0.262. The summed E-state index contributed by atoms with van der Waals surface area (Å²) < 4.78 is 5.30. The van der Waals surface area contributed by atoms with Gasteiger partial charge in [0.05, 0.1) is 18.8 Å². The number of hydrogen-bond donors (Lipinski definition) is 1. The Bertz CT molecular complexity index is 873. The number of aliphatic hydroxyl groups is 1. The van der Waals surface area contributed by atoms with Gasteiger partial charge in [0, 0.05) is 12.1 Å². The molecule has 24 heavy (non-hydrogen) atoms. The maximum absolute atomic E-state index is 12.9. The van der Waals surface area contributed by atoms with Crippen LogP contribution < -0.4 is 0 Å². The number of carbonyl (C=O) groups is 1. The highest BCUT2D eigenvalue weighted by Crippen LogP contribution is 2.30. The molecule has 1 amide bonds. The van der Waals surface area contributed by atoms with Crippen LogP contribution >= 0.6 is 0 Å². The van der Waals surface area contributed by atoms with E-state index in [2.05, 4.69) is 5.16 Å². The van der Waals surface area contributed by atoms with Crippen LogP contribution in [0.25, 0.3) is 11.3 Å². The SMILES string of the molecule is O=C(c1cnoc1-c1ccccc1)N1Cc2ccccc2[C@H](O)C1. The number of aliphatic hydroxyl groups excluding tert-OH is 1. The van der Waals surface area contributed by atoms with Crippen molar-refractivity contribution in [3.63, 3.8) is 0 Å². The fraction of sp³-hybridized carbons (Fsp3) is 0.158. The fourth-order valence-corrected chi connectivity index (χ4v) is 3.10. The van der Waals surface area contributed by atoms with E-state index in [9.17, 15) is 9.90 Å². The third-order valence-corrected chi connectivity index (χ3v) is 4.29. The van der Waals surface area contributed by atoms with Crippen molar-refractivity contribution < 1.29 is 14.4 Å². The van der Waals surface area contributed by atoms with Crippen LogP contribution in [0, 0.1) is 0 Å². The van der Waals surface area contributed by atoms with Gasteiger partial charge in [-0.1, -0.05) is 59.8 Å². The number of amides is 1. The van der Waals surface area contributed by atoms with Gasteiger partial charge in [-0.3, -0.25) is 4.79 Å². The molecule has 0 spiro atoms. The summed E-state index contributed by atoms with van der Waals surface area (Å²) in [5.41, 5.74) is 3.06. The molecule has 120 valence electrons. The van der Waals surface area contributed by atoms with Crippen LogP contribution in [0.2, 0.25) is 0 Å². The lowest BCUT2D eigenvalue weighted by molar-refractivity contribution is 0.0550. The number of aromatic nitrogens is 1. The second-order valence-corrected chi connectivity index (χ2v) is 5.83. The van der Waals surface area contributed by atoms with E-state index < -0.39 is 6.10 Å². The Morgan fingerprint density at radius 1 is 1.12 bits per heavy atom. The Morgan fingerprint density at radius 2 is 1.88 bits per heavy atom. The predicted molar refractivity (Wildman–Crippen MR) is 88.1 cm³/mol. The minimum Gasteiger partial charge on any atom is -0.387 e. The molecule has 1 atom stereocenters. The molecule has 1 aliphatic rings. The van der Waals surface area contributed by atoms with Crippen molar-refractivity contribution in [1.82, 2.24) is 10.1 Å². The number of β-amino-alcohol motifs (C(OH)–C–C–N with tert-alkyl or cyclic N) is 1. The molecule has 0 saturated carbocycles. The van der Waals surface area contributed by atoms with Gasteiger partial charge >= 0.3 is 0 Å². The molecule has 0 unspecified atom stereocenters. The minimum atomic E-state index is -0.682. The zero-order chi connectivity index (χ0) is 16.5. The van der Waals surface area contributed by atoms with Gasteiger partial charge < -0.3 is 14.5 Å². The molecule has 4 rings (SSSR count). The number of fused-ring (bicyclic) bond motifs is 1. The quantitative estimate of drug-likeness (QED) is 0.788. The molecule has 1 N–H and O–H groups in total. The standard InChI is InChI=1S/C19H16N2O3/c22-17-12-21(11-14-8-4-5-9-15(14)17)19(23)16-10-20-24-18(16)13-6-2-1-3-7-13/h1-10,17,22H,11-12H2/t17-/m1/s1. The van der Waals surface area contributed by atoms with E-state index in [4.69, 9.17) is 4.52 Å². The average Bonchev–Trinajstić information content (AvgIpc) is 3.11. The molecule has 5 nitrogen and oxygen atoms in total. The number of hydrogen-bond acceptors (Lipinski definition) is 4. The van der Waals surface area contributed by atoms with Crippen LogP contribution in [-0.4, -0.2) is 27.6 Å². The predicted octanol–water partition coefficient (Wildman–Crippen LogP) is 3.03. The van der Waals surface area contributed by atoms with Gasteiger partial charge in [-0.05, 0) is 11.1 Å². The maximum Gasteiger partial charge on any atom is 0.259 e. The zero-order valence-electron chi connectivity index (χ0n) is 12.9. The van der Waals surface area contributed by atoms with E-state index in [0.717, 1.165) is 16.7 Å². The Morgan fingerprint density at radius 3 is 2.71 bits per heavy atom. The van der Waals surface area contributed by atoms with Crippen molar-refractivity contribution in [2.75, 3.05) is 6.54 Å². The molecular weight excluding hydrogens is 304 g/mol. The highest BCUT2D eigenvalue weighted by atomic mass is 16.5. The van der Waals surface area contributed by atoms with E-state index in [1.54, 1.807) is 4.90 Å². The van der Waals surface area contributed by atoms with Crippen LogP contribution in [-0.2, 0) is 6.54 Å². The molecule has 0 fully saturated rings. The molecule has 3 aromatic rings. The van der Waals surface area contributed by atoms with E-state index in [-0.39, 0.29) is 12.5 Å². The number of rotatable bonds is 2. The van der Waals surface area contributed by atoms with Crippen LogP contribution in [0.5, 0.6) is 0 Å². The lowest BCUT2D eigenvalue weighted by Crippen LogP contribution is -2.38. The third kappa shape index (κ3) is 2.49. The lowest BCUT2D eigenvalue weighted by Gasteiger charge is -2.32. The number of nitrogens with zero attached hydrogens (tertiary/aromatic N) is 2. The van der Waals surface area contributed by atoms with Crippen LogP contribution in [0.3, 0.4) is 0 Å². The van der Waals surface area contributed by atoms with Crippen molar-refractivity contribution in [2.24, 2.45) is 0 Å². The summed E-state index contributed by atoms with van der Waals surface area (Å²) in [4.78, 5) is 14.6. The van der Waals surface area contributed by atoms with Crippen molar-refractivity contribution >= 4 is 5.91 Å². The molecule has 2 heterocycles. The second kappa shape index (κ2) is 5.94. The first kappa shape index (κ1) is 14.7. The van der Waals surface area contributed by atoms with Crippen LogP contribution in [0.4, 0.5) is 0 Å². The molecule has 0 saturated heterocycles. The molecule has 2 aromatic carbocycles. The largest absolute Gasteiger partial charge is 0.387 e. The third-order valence-electron chi connectivity index (χ3n) is 4.29. The zero-order valence-corrected chi connectivity index (χ0v) is 12.9. The van der Waals surface area contributed by atoms with Crippen molar-refractivity contribution in [1.29, 1.82) is 0 Å². The Hall–Kier alpha value is -2.92. The summed E-state index contributed by atoms with van der Waals surface area (Å²) >= 11 is 0. The first-order valence-corrected chi connectivity index (χ1v) is 7.79. The molecular formula is C19H16N2O3.